The first-order chi connectivity index (χ1) is 12.5. The van der Waals surface area contributed by atoms with Gasteiger partial charge in [-0.2, -0.15) is 4.73 Å². The van der Waals surface area contributed by atoms with Crippen LogP contribution in [0.25, 0.3) is 10.2 Å². The third kappa shape index (κ3) is 3.80. The van der Waals surface area contributed by atoms with Gasteiger partial charge in [0.1, 0.15) is 5.01 Å². The van der Waals surface area contributed by atoms with Crippen LogP contribution in [0.1, 0.15) is 28.3 Å². The third-order valence-electron chi connectivity index (χ3n) is 4.01. The van der Waals surface area contributed by atoms with E-state index < -0.39 is 5.97 Å². The van der Waals surface area contributed by atoms with Crippen molar-refractivity contribution in [1.29, 1.82) is 0 Å². The summed E-state index contributed by atoms with van der Waals surface area (Å²) in [6, 6.07) is 10.2. The summed E-state index contributed by atoms with van der Waals surface area (Å²) in [6.45, 7) is 1.50. The maximum atomic E-state index is 12.3. The molecule has 1 amide bonds. The normalized spacial score (nSPS) is 11.9. The lowest BCUT2D eigenvalue weighted by Crippen LogP contribution is -2.33. The van der Waals surface area contributed by atoms with Gasteiger partial charge in [0, 0.05) is 19.2 Å². The highest BCUT2D eigenvalue weighted by Gasteiger charge is 2.22. The van der Waals surface area contributed by atoms with Crippen LogP contribution in [-0.4, -0.2) is 35.4 Å². The van der Waals surface area contributed by atoms with Gasteiger partial charge in [0.25, 0.3) is 5.91 Å². The van der Waals surface area contributed by atoms with Gasteiger partial charge in [0.15, 0.2) is 19.0 Å². The molecule has 0 spiro atoms. The molecule has 26 heavy (non-hydrogen) atoms. The van der Waals surface area contributed by atoms with Crippen LogP contribution in [0.5, 0.6) is 0 Å². The molecule has 1 atom stereocenters. The van der Waals surface area contributed by atoms with E-state index in [0.717, 1.165) is 15.2 Å². The van der Waals surface area contributed by atoms with Crippen molar-refractivity contribution in [3.63, 3.8) is 0 Å². The summed E-state index contributed by atoms with van der Waals surface area (Å²) in [5.41, 5.74) is 1.11. The highest BCUT2D eigenvalue weighted by molar-refractivity contribution is 7.18. The van der Waals surface area contributed by atoms with Crippen molar-refractivity contribution >= 4 is 33.4 Å². The second-order valence-corrected chi connectivity index (χ2v) is 6.79. The van der Waals surface area contributed by atoms with E-state index in [0.29, 0.717) is 4.73 Å². The molecule has 2 aromatic heterocycles. The van der Waals surface area contributed by atoms with Gasteiger partial charge in [-0.05, 0) is 19.1 Å². The second-order valence-electron chi connectivity index (χ2n) is 5.72. The molecule has 3 aromatic rings. The van der Waals surface area contributed by atoms with Gasteiger partial charge < -0.3 is 14.8 Å². The Labute approximate surface area is 154 Å². The van der Waals surface area contributed by atoms with Gasteiger partial charge >= 0.3 is 5.97 Å². The number of thiazole rings is 1. The molecule has 0 aliphatic carbocycles. The lowest BCUT2D eigenvalue weighted by Gasteiger charge is -2.23. The van der Waals surface area contributed by atoms with Gasteiger partial charge in [-0.15, -0.1) is 11.3 Å². The summed E-state index contributed by atoms with van der Waals surface area (Å²) in [6.07, 6.45) is 2.39. The molecule has 1 aromatic carbocycles. The minimum absolute atomic E-state index is 0.215. The fourth-order valence-electron chi connectivity index (χ4n) is 2.31. The zero-order valence-corrected chi connectivity index (χ0v) is 15.1. The van der Waals surface area contributed by atoms with Crippen LogP contribution < -0.4 is 4.73 Å². The number of rotatable bonds is 5. The Morgan fingerprint density at radius 2 is 1.96 bits per heavy atom. The minimum atomic E-state index is -0.653. The molecule has 0 aliphatic heterocycles. The number of carbonyl (C=O) groups excluding carboxylic acids is 2. The highest BCUT2D eigenvalue weighted by Crippen LogP contribution is 2.28. The van der Waals surface area contributed by atoms with E-state index in [1.54, 1.807) is 7.05 Å². The number of nitrogens with zero attached hydrogens (tertiary/aromatic N) is 3. The van der Waals surface area contributed by atoms with Crippen molar-refractivity contribution < 1.29 is 19.1 Å². The monoisotopic (exact) mass is 371 g/mol. The molecule has 0 bridgehead atoms. The molecule has 0 unspecified atom stereocenters. The number of carbonyl (C=O) groups is 2. The van der Waals surface area contributed by atoms with Crippen molar-refractivity contribution in [2.24, 2.45) is 0 Å². The molecule has 0 saturated carbocycles. The summed E-state index contributed by atoms with van der Waals surface area (Å²) in [4.78, 5) is 30.3. The summed E-state index contributed by atoms with van der Waals surface area (Å²) < 4.78 is 6.66. The minimum Gasteiger partial charge on any atom is -0.619 e. The van der Waals surface area contributed by atoms with Crippen LogP contribution in [0.3, 0.4) is 0 Å². The van der Waals surface area contributed by atoms with Crippen LogP contribution in [0.15, 0.2) is 48.8 Å². The van der Waals surface area contributed by atoms with E-state index in [-0.39, 0.29) is 24.1 Å². The molecule has 0 N–H and O–H groups in total. The number of hydrogen-bond donors (Lipinski definition) is 0. The van der Waals surface area contributed by atoms with Gasteiger partial charge in [-0.1, -0.05) is 12.1 Å². The summed E-state index contributed by atoms with van der Waals surface area (Å²) in [7, 11) is 1.65. The SMILES string of the molecule is C[C@@H](c1nc2ccccc2s1)N(C)C(=O)COC(=O)c1cc[n+]([O-])cc1. The molecular weight excluding hydrogens is 354 g/mol. The molecule has 7 nitrogen and oxygen atoms in total. The number of esters is 1. The molecular formula is C18H17N3O4S. The van der Waals surface area contributed by atoms with E-state index in [9.17, 15) is 14.8 Å². The second kappa shape index (κ2) is 7.49. The van der Waals surface area contributed by atoms with Gasteiger partial charge in [0.05, 0.1) is 21.8 Å². The van der Waals surface area contributed by atoms with Crippen LogP contribution in [0.4, 0.5) is 0 Å². The molecule has 0 saturated heterocycles. The first-order valence-electron chi connectivity index (χ1n) is 7.93. The fraction of sp³-hybridized carbons (Fsp3) is 0.222. The summed E-state index contributed by atoms with van der Waals surface area (Å²) in [5, 5.41) is 11.8. The average molecular weight is 371 g/mol. The van der Waals surface area contributed by atoms with E-state index in [2.05, 4.69) is 4.98 Å². The topological polar surface area (TPSA) is 86.4 Å². The van der Waals surface area contributed by atoms with Crippen molar-refractivity contribution in [3.05, 3.63) is 64.6 Å². The molecule has 0 aliphatic rings. The van der Waals surface area contributed by atoms with Crippen molar-refractivity contribution in [2.45, 2.75) is 13.0 Å². The predicted octanol–water partition coefficient (Wildman–Crippen LogP) is 2.31. The number of benzene rings is 1. The molecule has 2 heterocycles. The van der Waals surface area contributed by atoms with Crippen LogP contribution in [0.2, 0.25) is 0 Å². The Kier molecular flexibility index (Phi) is 5.13. The smallest absolute Gasteiger partial charge is 0.339 e. The van der Waals surface area contributed by atoms with E-state index in [4.69, 9.17) is 4.74 Å². The number of aromatic nitrogens is 2. The Morgan fingerprint density at radius 1 is 1.27 bits per heavy atom. The quantitative estimate of drug-likeness (QED) is 0.390. The first kappa shape index (κ1) is 17.8. The number of hydrogen-bond acceptors (Lipinski definition) is 6. The number of likely N-dealkylation sites (N-methyl/N-ethyl adjacent to an activating group) is 1. The zero-order chi connectivity index (χ0) is 18.7. The number of pyridine rings is 1. The first-order valence-corrected chi connectivity index (χ1v) is 8.74. The maximum Gasteiger partial charge on any atom is 0.339 e. The Morgan fingerprint density at radius 3 is 2.65 bits per heavy atom. The number of ether oxygens (including phenoxy) is 1. The Balaban J connectivity index is 1.61. The molecule has 0 fully saturated rings. The maximum absolute atomic E-state index is 12.3. The van der Waals surface area contributed by atoms with Gasteiger partial charge in [-0.25, -0.2) is 9.78 Å². The van der Waals surface area contributed by atoms with Crippen molar-refractivity contribution in [3.8, 4) is 0 Å². The van der Waals surface area contributed by atoms with Gasteiger partial charge in [0.2, 0.25) is 0 Å². The number of fused-ring (bicyclic) bond motifs is 1. The number of para-hydroxylation sites is 1. The highest BCUT2D eigenvalue weighted by atomic mass is 32.1. The Hall–Kier alpha value is -3.00. The van der Waals surface area contributed by atoms with Crippen LogP contribution in [0, 0.1) is 5.21 Å². The van der Waals surface area contributed by atoms with Gasteiger partial charge in [-0.3, -0.25) is 4.79 Å². The zero-order valence-electron chi connectivity index (χ0n) is 14.3. The summed E-state index contributed by atoms with van der Waals surface area (Å²) in [5.74, 6) is -0.986. The van der Waals surface area contributed by atoms with Crippen LogP contribution in [-0.2, 0) is 9.53 Å². The standard InChI is InChI=1S/C18H17N3O4S/c1-12(17-19-14-5-3-4-6-15(14)26-17)20(2)16(22)11-25-18(23)13-7-9-21(24)10-8-13/h3-10,12H,11H2,1-2H3/t12-/m0/s1. The van der Waals surface area contributed by atoms with Crippen molar-refractivity contribution in [2.75, 3.05) is 13.7 Å². The summed E-state index contributed by atoms with van der Waals surface area (Å²) >= 11 is 1.53. The molecule has 8 heteroatoms. The molecule has 134 valence electrons. The molecule has 3 rings (SSSR count). The lowest BCUT2D eigenvalue weighted by molar-refractivity contribution is -0.605. The van der Waals surface area contributed by atoms with Crippen LogP contribution >= 0.6 is 11.3 Å². The largest absolute Gasteiger partial charge is 0.619 e. The number of amides is 1. The lowest BCUT2D eigenvalue weighted by atomic mass is 10.3. The van der Waals surface area contributed by atoms with Crippen molar-refractivity contribution in [1.82, 2.24) is 9.88 Å². The fourth-order valence-corrected chi connectivity index (χ4v) is 3.37. The molecule has 0 radical (unpaired) electrons. The predicted molar refractivity (Wildman–Crippen MR) is 96.5 cm³/mol. The van der Waals surface area contributed by atoms with E-state index >= 15 is 0 Å². The van der Waals surface area contributed by atoms with E-state index in [1.807, 2.05) is 31.2 Å². The third-order valence-corrected chi connectivity index (χ3v) is 5.21. The van der Waals surface area contributed by atoms with E-state index in [1.165, 1.54) is 40.8 Å². The average Bonchev–Trinajstić information content (AvgIpc) is 3.09. The Bertz CT molecular complexity index is 906.